The highest BCUT2D eigenvalue weighted by molar-refractivity contribution is 6.06. The van der Waals surface area contributed by atoms with Gasteiger partial charge in [-0.3, -0.25) is 14.3 Å². The maximum absolute atomic E-state index is 13.9. The molecule has 0 atom stereocenters. The van der Waals surface area contributed by atoms with Crippen LogP contribution in [-0.4, -0.2) is 56.5 Å². The van der Waals surface area contributed by atoms with Crippen molar-refractivity contribution >= 4 is 22.8 Å². The summed E-state index contributed by atoms with van der Waals surface area (Å²) in [5.74, 6) is -1.31. The zero-order valence-corrected chi connectivity index (χ0v) is 22.6. The summed E-state index contributed by atoms with van der Waals surface area (Å²) in [6.07, 6.45) is 7.20. The average molecular weight is 584 g/mol. The van der Waals surface area contributed by atoms with Gasteiger partial charge in [0.15, 0.2) is 5.82 Å². The molecule has 0 bridgehead atoms. The van der Waals surface area contributed by atoms with E-state index in [1.165, 1.54) is 37.6 Å². The van der Waals surface area contributed by atoms with Gasteiger partial charge >= 0.3 is 12.6 Å². The minimum Gasteiger partial charge on any atom is -0.497 e. The molecule has 1 amide bonds. The van der Waals surface area contributed by atoms with Gasteiger partial charge in [0, 0.05) is 47.4 Å². The van der Waals surface area contributed by atoms with E-state index in [0.717, 1.165) is 0 Å². The Morgan fingerprint density at radius 1 is 1.05 bits per heavy atom. The molecule has 10 nitrogen and oxygen atoms in total. The molecule has 2 aromatic heterocycles. The van der Waals surface area contributed by atoms with Gasteiger partial charge in [-0.25, -0.2) is 14.4 Å². The second kappa shape index (κ2) is 12.5. The fourth-order valence-corrected chi connectivity index (χ4v) is 5.26. The lowest BCUT2D eigenvalue weighted by atomic mass is 9.84. The van der Waals surface area contributed by atoms with E-state index < -0.39 is 24.3 Å². The Labute approximate surface area is 238 Å². The van der Waals surface area contributed by atoms with Crippen molar-refractivity contribution in [1.82, 2.24) is 25.1 Å². The van der Waals surface area contributed by atoms with Gasteiger partial charge in [0.25, 0.3) is 5.91 Å². The fourth-order valence-electron chi connectivity index (χ4n) is 5.26. The maximum atomic E-state index is 13.9. The Morgan fingerprint density at radius 3 is 2.45 bits per heavy atom. The normalized spacial score (nSPS) is 16.9. The second-order valence-corrected chi connectivity index (χ2v) is 10.2. The van der Waals surface area contributed by atoms with Crippen LogP contribution in [0.2, 0.25) is 0 Å². The highest BCUT2D eigenvalue weighted by atomic mass is 19.3. The first-order valence-corrected chi connectivity index (χ1v) is 13.3. The van der Waals surface area contributed by atoms with E-state index >= 15 is 0 Å². The predicted molar refractivity (Wildman–Crippen MR) is 145 cm³/mol. The van der Waals surface area contributed by atoms with Gasteiger partial charge in [-0.15, -0.1) is 0 Å². The van der Waals surface area contributed by atoms with E-state index in [1.54, 1.807) is 23.1 Å². The Kier molecular flexibility index (Phi) is 8.55. The molecular weight excluding hydrogens is 555 g/mol. The number of alkyl halides is 2. The molecule has 0 unspecified atom stereocenters. The van der Waals surface area contributed by atoms with Crippen molar-refractivity contribution in [3.63, 3.8) is 0 Å². The van der Waals surface area contributed by atoms with E-state index in [0.29, 0.717) is 53.5 Å². The van der Waals surface area contributed by atoms with Gasteiger partial charge in [-0.1, -0.05) is 0 Å². The van der Waals surface area contributed by atoms with Crippen molar-refractivity contribution in [2.24, 2.45) is 5.92 Å². The lowest BCUT2D eigenvalue weighted by molar-refractivity contribution is -0.138. The molecule has 1 saturated carbocycles. The van der Waals surface area contributed by atoms with Crippen LogP contribution in [0.1, 0.15) is 48.0 Å². The largest absolute Gasteiger partial charge is 0.497 e. The third-order valence-corrected chi connectivity index (χ3v) is 7.23. The van der Waals surface area contributed by atoms with Crippen LogP contribution in [0.25, 0.3) is 22.3 Å². The van der Waals surface area contributed by atoms with Crippen LogP contribution in [0, 0.1) is 11.7 Å². The van der Waals surface area contributed by atoms with E-state index in [9.17, 15) is 22.8 Å². The number of carbonyl (C=O) groups is 2. The summed E-state index contributed by atoms with van der Waals surface area (Å²) in [5.41, 5.74) is 1.58. The van der Waals surface area contributed by atoms with E-state index in [-0.39, 0.29) is 42.1 Å². The number of carboxylic acid groups (broad SMARTS) is 1. The van der Waals surface area contributed by atoms with E-state index in [2.05, 4.69) is 25.1 Å². The van der Waals surface area contributed by atoms with E-state index in [1.807, 2.05) is 0 Å². The van der Waals surface area contributed by atoms with Crippen LogP contribution in [0.15, 0.2) is 48.9 Å². The van der Waals surface area contributed by atoms with Crippen molar-refractivity contribution in [3.8, 4) is 22.9 Å². The maximum Gasteiger partial charge on any atom is 0.387 e. The molecule has 5 rings (SSSR count). The van der Waals surface area contributed by atoms with Gasteiger partial charge in [0.2, 0.25) is 0 Å². The predicted octanol–water partition coefficient (Wildman–Crippen LogP) is 5.05. The Bertz CT molecular complexity index is 1590. The van der Waals surface area contributed by atoms with Gasteiger partial charge in [-0.05, 0) is 55.9 Å². The Morgan fingerprint density at radius 2 is 1.79 bits per heavy atom. The molecule has 0 radical (unpaired) electrons. The molecule has 2 aromatic carbocycles. The Balaban J connectivity index is 1.39. The highest BCUT2D eigenvalue weighted by Crippen LogP contribution is 2.30. The number of fused-ring (bicyclic) bond motifs is 1. The van der Waals surface area contributed by atoms with Crippen molar-refractivity contribution < 1.29 is 37.3 Å². The van der Waals surface area contributed by atoms with Crippen molar-refractivity contribution in [2.45, 2.75) is 51.3 Å². The van der Waals surface area contributed by atoms with Gasteiger partial charge in [0.1, 0.15) is 17.3 Å². The van der Waals surface area contributed by atoms with Crippen LogP contribution in [0.4, 0.5) is 13.2 Å². The molecule has 13 heteroatoms. The van der Waals surface area contributed by atoms with Crippen LogP contribution in [0.5, 0.6) is 11.5 Å². The molecule has 4 aromatic rings. The molecule has 0 spiro atoms. The number of benzene rings is 2. The van der Waals surface area contributed by atoms with Gasteiger partial charge in [0.05, 0.1) is 30.9 Å². The number of rotatable bonds is 10. The molecular formula is C29H28F3N5O5. The van der Waals surface area contributed by atoms with Crippen LogP contribution < -0.4 is 14.8 Å². The smallest absolute Gasteiger partial charge is 0.387 e. The number of ether oxygens (including phenoxy) is 2. The molecule has 1 fully saturated rings. The third kappa shape index (κ3) is 6.78. The number of carbonyl (C=O) groups excluding carboxylic acids is 1. The third-order valence-electron chi connectivity index (χ3n) is 7.23. The minimum absolute atomic E-state index is 0.0584. The number of aromatic nitrogens is 4. The minimum atomic E-state index is -3.08. The molecule has 2 N–H and O–H groups in total. The van der Waals surface area contributed by atoms with Gasteiger partial charge < -0.3 is 19.9 Å². The molecule has 2 heterocycles. The summed E-state index contributed by atoms with van der Waals surface area (Å²) >= 11 is 0. The average Bonchev–Trinajstić information content (AvgIpc) is 3.35. The van der Waals surface area contributed by atoms with Gasteiger partial charge in [-0.2, -0.15) is 13.9 Å². The monoisotopic (exact) mass is 583 g/mol. The summed E-state index contributed by atoms with van der Waals surface area (Å²) in [6.45, 7) is -2.92. The fraction of sp³-hybridized carbons (Fsp3) is 0.345. The zero-order chi connectivity index (χ0) is 29.8. The topological polar surface area (TPSA) is 128 Å². The first-order valence-electron chi connectivity index (χ1n) is 13.3. The van der Waals surface area contributed by atoms with Crippen molar-refractivity contribution in [2.75, 3.05) is 7.11 Å². The van der Waals surface area contributed by atoms with Crippen LogP contribution in [-0.2, 0) is 11.3 Å². The number of amides is 1. The number of hydrogen-bond acceptors (Lipinski definition) is 7. The number of halogens is 3. The van der Waals surface area contributed by atoms with Crippen LogP contribution >= 0.6 is 0 Å². The number of nitrogens with zero attached hydrogens (tertiary/aromatic N) is 4. The second-order valence-electron chi connectivity index (χ2n) is 10.2. The molecule has 0 aliphatic heterocycles. The SMILES string of the molecule is COc1cc(F)cc(-c2ncc(Cn3ncc4cc(OC(F)F)cc(C(=O)NC5CCC(CC(=O)O)CC5)c43)cn2)c1. The number of aliphatic carboxylic acids is 1. The molecule has 42 heavy (non-hydrogen) atoms. The number of nitrogens with one attached hydrogen (secondary N) is 1. The summed E-state index contributed by atoms with van der Waals surface area (Å²) in [5, 5.41) is 16.8. The number of carboxylic acids is 1. The lowest BCUT2D eigenvalue weighted by Gasteiger charge is -2.28. The summed E-state index contributed by atoms with van der Waals surface area (Å²) in [6, 6.07) is 6.61. The number of methoxy groups -OCH3 is 1. The molecule has 1 aliphatic carbocycles. The van der Waals surface area contributed by atoms with Crippen LogP contribution in [0.3, 0.4) is 0 Å². The summed E-state index contributed by atoms with van der Waals surface area (Å²) in [7, 11) is 1.43. The quantitative estimate of drug-likeness (QED) is 0.265. The highest BCUT2D eigenvalue weighted by Gasteiger charge is 2.26. The molecule has 220 valence electrons. The van der Waals surface area contributed by atoms with Crippen molar-refractivity contribution in [3.05, 3.63) is 65.9 Å². The first-order chi connectivity index (χ1) is 20.2. The summed E-state index contributed by atoms with van der Waals surface area (Å²) in [4.78, 5) is 33.2. The molecule has 1 aliphatic rings. The van der Waals surface area contributed by atoms with E-state index in [4.69, 9.17) is 9.84 Å². The molecule has 0 saturated heterocycles. The number of hydrogen-bond donors (Lipinski definition) is 2. The van der Waals surface area contributed by atoms with Crippen molar-refractivity contribution in [1.29, 1.82) is 0 Å². The standard InChI is InChI=1S/C29H28F3N5O5/c1-41-22-8-18(7-20(30)10-22)27-33-12-17(13-34-27)15-37-26-19(14-35-37)9-23(42-29(31)32)11-24(26)28(40)36-21-4-2-16(3-5-21)6-25(38)39/h7-14,16,21,29H,2-6,15H2,1H3,(H,36,40)(H,38,39). The Hall–Kier alpha value is -4.68. The summed E-state index contributed by atoms with van der Waals surface area (Å²) < 4.78 is 51.3. The zero-order valence-electron chi connectivity index (χ0n) is 22.6. The first kappa shape index (κ1) is 28.8. The lowest BCUT2D eigenvalue weighted by Crippen LogP contribution is -2.38.